The third-order valence-corrected chi connectivity index (χ3v) is 5.42. The van der Waals surface area contributed by atoms with E-state index in [4.69, 9.17) is 4.74 Å². The number of aliphatic hydroxyl groups excluding tert-OH is 2. The maximum absolute atomic E-state index is 11.5. The molecule has 0 aliphatic carbocycles. The lowest BCUT2D eigenvalue weighted by molar-refractivity contribution is 0.0187. The van der Waals surface area contributed by atoms with Gasteiger partial charge in [0.25, 0.3) is 0 Å². The van der Waals surface area contributed by atoms with Gasteiger partial charge >= 0.3 is 6.03 Å². The first kappa shape index (κ1) is 17.3. The number of aliphatic hydroxyl groups is 2. The fraction of sp³-hybridized carbons (Fsp3) is 0.600. The van der Waals surface area contributed by atoms with Crippen molar-refractivity contribution in [1.29, 1.82) is 0 Å². The van der Waals surface area contributed by atoms with Crippen LogP contribution in [0.5, 0.6) is 0 Å². The molecule has 0 aromatic carbocycles. The third-order valence-electron chi connectivity index (χ3n) is 3.95. The van der Waals surface area contributed by atoms with Crippen LogP contribution in [0, 0.1) is 0 Å². The second-order valence-corrected chi connectivity index (χ2v) is 10.9. The molecule has 4 atom stereocenters. The molecule has 2 unspecified atom stereocenters. The van der Waals surface area contributed by atoms with Crippen LogP contribution in [0.4, 0.5) is 4.79 Å². The highest BCUT2D eigenvalue weighted by Crippen LogP contribution is 2.39. The van der Waals surface area contributed by atoms with E-state index in [9.17, 15) is 15.0 Å². The van der Waals surface area contributed by atoms with Crippen molar-refractivity contribution in [1.82, 2.24) is 10.2 Å². The average Bonchev–Trinajstić information content (AvgIpc) is 2.68. The van der Waals surface area contributed by atoms with E-state index in [1.165, 1.54) is 4.90 Å². The Kier molecular flexibility index (Phi) is 4.87. The highest BCUT2D eigenvalue weighted by molar-refractivity contribution is 7.72. The Morgan fingerprint density at radius 2 is 2.05 bits per heavy atom. The maximum Gasteiger partial charge on any atom is 0.325 e. The molecule has 1 saturated heterocycles. The van der Waals surface area contributed by atoms with Crippen LogP contribution in [0.1, 0.15) is 6.42 Å². The van der Waals surface area contributed by atoms with Gasteiger partial charge in [-0.1, -0.05) is 6.58 Å². The van der Waals surface area contributed by atoms with Gasteiger partial charge in [0.05, 0.1) is 6.10 Å². The summed E-state index contributed by atoms with van der Waals surface area (Å²) in [5.41, 5.74) is 0.977. The fourth-order valence-corrected chi connectivity index (χ4v) is 3.55. The molecule has 7 heteroatoms. The van der Waals surface area contributed by atoms with E-state index in [1.54, 1.807) is 13.2 Å². The number of hydrogen-bond donors (Lipinski definition) is 3. The second-order valence-electron chi connectivity index (χ2n) is 6.63. The number of rotatable bonds is 4. The summed E-state index contributed by atoms with van der Waals surface area (Å²) in [7, 11) is 1.60. The van der Waals surface area contributed by atoms with Gasteiger partial charge in [0, 0.05) is 24.5 Å². The Hall–Kier alpha value is -1.07. The zero-order valence-electron chi connectivity index (χ0n) is 13.3. The molecule has 2 aliphatic rings. The number of carbonyl (C=O) groups excluding carboxylic acids is 1. The van der Waals surface area contributed by atoms with Crippen LogP contribution in [-0.4, -0.2) is 78.4 Å². The smallest absolute Gasteiger partial charge is 0.325 e. The third kappa shape index (κ3) is 3.63. The van der Waals surface area contributed by atoms with Crippen molar-refractivity contribution in [2.24, 2.45) is 0 Å². The minimum Gasteiger partial charge on any atom is -0.388 e. The van der Waals surface area contributed by atoms with Crippen LogP contribution < -0.4 is 5.32 Å². The molecule has 0 aromatic heterocycles. The maximum atomic E-state index is 11.5. The molecular weight excluding hydrogens is 303 g/mol. The Morgan fingerprint density at radius 3 is 2.64 bits per heavy atom. The molecule has 22 heavy (non-hydrogen) atoms. The molecule has 0 bridgehead atoms. The molecule has 2 aliphatic heterocycles. The number of amides is 2. The topological polar surface area (TPSA) is 82.0 Å². The minimum absolute atomic E-state index is 0.290. The number of hydrogen-bond acceptors (Lipinski definition) is 4. The van der Waals surface area contributed by atoms with Gasteiger partial charge in [-0.2, -0.15) is 0 Å². The van der Waals surface area contributed by atoms with Crippen LogP contribution in [0.25, 0.3) is 0 Å². The summed E-state index contributed by atoms with van der Waals surface area (Å²) < 4.78 is 5.86. The van der Waals surface area contributed by atoms with Gasteiger partial charge in [-0.15, -0.1) is 13.2 Å². The van der Waals surface area contributed by atoms with E-state index in [0.29, 0.717) is 17.7 Å². The SMILES string of the molecule is C=C1NC(=O)N(C)C=C1C1OC(CCP(=C)(C)C)[C@@H](O)[C@H]1O. The first-order valence-corrected chi connectivity index (χ1v) is 10.3. The zero-order chi connectivity index (χ0) is 16.7. The summed E-state index contributed by atoms with van der Waals surface area (Å²) >= 11 is 0. The first-order valence-electron chi connectivity index (χ1n) is 7.24. The van der Waals surface area contributed by atoms with Gasteiger partial charge in [-0.25, -0.2) is 4.79 Å². The summed E-state index contributed by atoms with van der Waals surface area (Å²) in [5, 5.41) is 23.1. The summed E-state index contributed by atoms with van der Waals surface area (Å²) in [6.07, 6.45) is 4.15. The van der Waals surface area contributed by atoms with Crippen molar-refractivity contribution < 1.29 is 19.7 Å². The highest BCUT2D eigenvalue weighted by Gasteiger charge is 2.45. The molecule has 6 nitrogen and oxygen atoms in total. The minimum atomic E-state index is -1.22. The van der Waals surface area contributed by atoms with E-state index in [1.807, 2.05) is 0 Å². The Morgan fingerprint density at radius 1 is 1.41 bits per heavy atom. The van der Waals surface area contributed by atoms with Gasteiger partial charge in [-0.05, 0) is 25.9 Å². The lowest BCUT2D eigenvalue weighted by Gasteiger charge is -2.28. The zero-order valence-corrected chi connectivity index (χ0v) is 14.2. The molecule has 3 N–H and O–H groups in total. The number of urea groups is 1. The summed E-state index contributed by atoms with van der Waals surface area (Å²) in [4.78, 5) is 12.9. The molecule has 124 valence electrons. The van der Waals surface area contributed by atoms with Gasteiger partial charge in [0.2, 0.25) is 0 Å². The lowest BCUT2D eigenvalue weighted by atomic mass is 9.99. The Bertz CT molecular complexity index is 554. The largest absolute Gasteiger partial charge is 0.388 e. The van der Waals surface area contributed by atoms with Gasteiger partial charge in [0.1, 0.15) is 18.3 Å². The summed E-state index contributed by atoms with van der Waals surface area (Å²) in [5.74, 6) is 0. The van der Waals surface area contributed by atoms with E-state index in [-0.39, 0.29) is 6.03 Å². The van der Waals surface area contributed by atoms with Crippen molar-refractivity contribution in [2.75, 3.05) is 26.5 Å². The quantitative estimate of drug-likeness (QED) is 0.661. The van der Waals surface area contributed by atoms with E-state index in [2.05, 4.69) is 31.5 Å². The lowest BCUT2D eigenvalue weighted by Crippen LogP contribution is -2.42. The molecule has 0 spiro atoms. The van der Waals surface area contributed by atoms with Gasteiger partial charge < -0.3 is 25.2 Å². The molecule has 2 heterocycles. The predicted octanol–water partition coefficient (Wildman–Crippen LogP) is 0.627. The van der Waals surface area contributed by atoms with E-state index < -0.39 is 31.3 Å². The number of ether oxygens (including phenoxy) is 1. The van der Waals surface area contributed by atoms with Crippen LogP contribution >= 0.6 is 6.89 Å². The number of nitrogens with zero attached hydrogens (tertiary/aromatic N) is 1. The predicted molar refractivity (Wildman–Crippen MR) is 89.6 cm³/mol. The molecule has 2 amide bonds. The molecule has 1 fully saturated rings. The fourth-order valence-electron chi connectivity index (χ4n) is 2.60. The standard InChI is InChI=1S/C15H25N2O4P/c1-9-10(8-17(2)15(20)16-9)14-13(19)12(18)11(21-14)6-7-22(3,4)5/h8,11-14,18-19H,1,3,6-7H2,2,4-5H3,(H,16,20)/t11?,12-,13-,14?/m1/s1. The Labute approximate surface area is 131 Å². The van der Waals surface area contributed by atoms with Crippen LogP contribution in [-0.2, 0) is 4.74 Å². The average molecular weight is 328 g/mol. The van der Waals surface area contributed by atoms with Crippen molar-refractivity contribution >= 4 is 19.2 Å². The van der Waals surface area contributed by atoms with Gasteiger partial charge in [-0.3, -0.25) is 0 Å². The summed E-state index contributed by atoms with van der Waals surface area (Å²) in [6.45, 7) is 6.82. The van der Waals surface area contributed by atoms with Crippen LogP contribution in [0.3, 0.4) is 0 Å². The van der Waals surface area contributed by atoms with E-state index in [0.717, 1.165) is 6.16 Å². The Balaban J connectivity index is 2.13. The van der Waals surface area contributed by atoms with Crippen molar-refractivity contribution in [3.63, 3.8) is 0 Å². The number of nitrogens with one attached hydrogen (secondary N) is 1. The molecule has 0 radical (unpaired) electrons. The van der Waals surface area contributed by atoms with Crippen LogP contribution in [0.2, 0.25) is 0 Å². The van der Waals surface area contributed by atoms with Crippen molar-refractivity contribution in [3.05, 3.63) is 24.0 Å². The highest BCUT2D eigenvalue weighted by atomic mass is 31.2. The normalized spacial score (nSPS) is 33.0. The first-order chi connectivity index (χ1) is 10.1. The van der Waals surface area contributed by atoms with Crippen molar-refractivity contribution in [3.8, 4) is 0 Å². The molecule has 2 rings (SSSR count). The molecular formula is C15H25N2O4P. The van der Waals surface area contributed by atoms with Gasteiger partial charge in [0.15, 0.2) is 0 Å². The van der Waals surface area contributed by atoms with Crippen LogP contribution in [0.15, 0.2) is 24.0 Å². The number of carbonyl (C=O) groups is 1. The van der Waals surface area contributed by atoms with Crippen molar-refractivity contribution in [2.45, 2.75) is 30.8 Å². The summed E-state index contributed by atoms with van der Waals surface area (Å²) in [6, 6.07) is -0.290. The molecule has 0 saturated carbocycles. The monoisotopic (exact) mass is 328 g/mol. The van der Waals surface area contributed by atoms with E-state index >= 15 is 0 Å². The second kappa shape index (κ2) is 6.20. The molecule has 0 aromatic rings.